The molecule has 1 aliphatic heterocycles. The van der Waals surface area contributed by atoms with Crippen LogP contribution in [0.3, 0.4) is 0 Å². The van der Waals surface area contributed by atoms with Crippen LogP contribution in [0.2, 0.25) is 0 Å². The molecular weight excluding hydrogens is 596 g/mol. The average Bonchev–Trinajstić information content (AvgIpc) is 3.57. The van der Waals surface area contributed by atoms with Crippen LogP contribution >= 0.6 is 0 Å². The Labute approximate surface area is 276 Å². The molecule has 0 radical (unpaired) electrons. The fourth-order valence-electron chi connectivity index (χ4n) is 4.90. The molecule has 2 aromatic carbocycles. The number of nitrogen functional groups attached to an aromatic ring is 1. The van der Waals surface area contributed by atoms with Crippen LogP contribution in [0.4, 0.5) is 28.8 Å². The summed E-state index contributed by atoms with van der Waals surface area (Å²) in [5, 5.41) is 19.5. The summed E-state index contributed by atoms with van der Waals surface area (Å²) in [6.45, 7) is 15.7. The van der Waals surface area contributed by atoms with Crippen molar-refractivity contribution in [2.45, 2.75) is 46.1 Å². The molecule has 0 saturated carbocycles. The molecule has 3 heterocycles. The highest BCUT2D eigenvalue weighted by Crippen LogP contribution is 2.28. The second-order valence-electron chi connectivity index (χ2n) is 12.0. The quantitative estimate of drug-likeness (QED) is 0.166. The van der Waals surface area contributed by atoms with Gasteiger partial charge in [-0.3, -0.25) is 15.1 Å². The SMILES string of the molecule is C=O.CC(C)N1CCN(C(=O)c2ccc(C(=N)c3c(N)ncnc3Nc3ccc(Nc4cc(C(C)(C)C)on4)cc3)cc2)CC1.CN. The van der Waals surface area contributed by atoms with Gasteiger partial charge in [0.2, 0.25) is 0 Å². The third-order valence-corrected chi connectivity index (χ3v) is 7.55. The normalized spacial score (nSPS) is 13.1. The average molecular weight is 643 g/mol. The number of benzene rings is 2. The Balaban J connectivity index is 0.00000144. The minimum absolute atomic E-state index is 0.00234. The molecule has 1 aliphatic rings. The van der Waals surface area contributed by atoms with E-state index in [-0.39, 0.29) is 22.9 Å². The van der Waals surface area contributed by atoms with Gasteiger partial charge >= 0.3 is 0 Å². The van der Waals surface area contributed by atoms with Gasteiger partial charge in [-0.1, -0.05) is 38.1 Å². The topological polar surface area (TPSA) is 192 Å². The maximum atomic E-state index is 13.1. The van der Waals surface area contributed by atoms with E-state index in [4.69, 9.17) is 20.5 Å². The molecule has 0 bridgehead atoms. The van der Waals surface area contributed by atoms with Crippen molar-refractivity contribution >= 4 is 47.2 Å². The summed E-state index contributed by atoms with van der Waals surface area (Å²) < 4.78 is 5.45. The summed E-state index contributed by atoms with van der Waals surface area (Å²) in [6, 6.07) is 17.0. The Morgan fingerprint density at radius 3 is 2.00 bits per heavy atom. The second-order valence-corrected chi connectivity index (χ2v) is 12.0. The predicted molar refractivity (Wildman–Crippen MR) is 187 cm³/mol. The molecule has 2 aromatic heterocycles. The maximum Gasteiger partial charge on any atom is 0.253 e. The zero-order valence-electron chi connectivity index (χ0n) is 28.0. The van der Waals surface area contributed by atoms with E-state index in [1.165, 1.54) is 13.4 Å². The molecule has 47 heavy (non-hydrogen) atoms. The van der Waals surface area contributed by atoms with Crippen LogP contribution in [0, 0.1) is 5.41 Å². The number of hydrogen-bond donors (Lipinski definition) is 5. The number of rotatable bonds is 8. The van der Waals surface area contributed by atoms with Crippen LogP contribution < -0.4 is 22.1 Å². The highest BCUT2D eigenvalue weighted by atomic mass is 16.5. The van der Waals surface area contributed by atoms with Gasteiger partial charge < -0.3 is 36.3 Å². The number of hydrogen-bond acceptors (Lipinski definition) is 12. The fraction of sp³-hybridized carbons (Fsp3) is 0.353. The van der Waals surface area contributed by atoms with Gasteiger partial charge in [-0.15, -0.1) is 0 Å². The summed E-state index contributed by atoms with van der Waals surface area (Å²) in [5.74, 6) is 2.03. The van der Waals surface area contributed by atoms with Crippen LogP contribution in [0.15, 0.2) is 65.4 Å². The number of anilines is 5. The number of nitrogens with two attached hydrogens (primary N) is 2. The standard InChI is InChI=1S/C32H39N9O2.CH5N.CH2O/c1-20(2)40-14-16-41(17-15-40)31(42)22-8-6-21(7-9-22)28(33)27-29(34)35-19-36-30(27)38-24-12-10-23(11-13-24)37-26-18-25(43-39-26)32(3,4)5;2*1-2/h6-13,18-20,33H,14-17H2,1-5H3,(H,37,39)(H3,34,35,36,38);2H2,1H3;1H2. The first-order chi connectivity index (χ1) is 22.5. The molecule has 0 unspecified atom stereocenters. The molecule has 1 amide bonds. The van der Waals surface area contributed by atoms with E-state index < -0.39 is 0 Å². The van der Waals surface area contributed by atoms with Crippen molar-refractivity contribution in [3.8, 4) is 0 Å². The van der Waals surface area contributed by atoms with Crippen molar-refractivity contribution in [3.05, 3.63) is 83.4 Å². The van der Waals surface area contributed by atoms with E-state index in [0.717, 1.165) is 30.2 Å². The Hall–Kier alpha value is -5.14. The van der Waals surface area contributed by atoms with Gasteiger partial charge in [-0.05, 0) is 57.3 Å². The second kappa shape index (κ2) is 16.4. The van der Waals surface area contributed by atoms with Gasteiger partial charge in [0.15, 0.2) is 5.82 Å². The molecule has 13 nitrogen and oxygen atoms in total. The van der Waals surface area contributed by atoms with Crippen molar-refractivity contribution < 1.29 is 14.1 Å². The first-order valence-electron chi connectivity index (χ1n) is 15.3. The molecule has 0 spiro atoms. The maximum absolute atomic E-state index is 13.1. The van der Waals surface area contributed by atoms with Crippen LogP contribution in [0.25, 0.3) is 0 Å². The number of nitrogens with zero attached hydrogens (tertiary/aromatic N) is 5. The molecule has 1 saturated heterocycles. The van der Waals surface area contributed by atoms with Gasteiger partial charge in [0.1, 0.15) is 30.5 Å². The molecule has 7 N–H and O–H groups in total. The molecule has 0 aliphatic carbocycles. The Morgan fingerprint density at radius 1 is 0.915 bits per heavy atom. The zero-order chi connectivity index (χ0) is 34.7. The van der Waals surface area contributed by atoms with E-state index in [2.05, 4.69) is 71.0 Å². The van der Waals surface area contributed by atoms with Crippen LogP contribution in [-0.4, -0.2) is 82.6 Å². The van der Waals surface area contributed by atoms with Crippen molar-refractivity contribution in [3.63, 3.8) is 0 Å². The van der Waals surface area contributed by atoms with Crippen LogP contribution in [-0.2, 0) is 10.2 Å². The van der Waals surface area contributed by atoms with E-state index in [0.29, 0.717) is 47.5 Å². The smallest absolute Gasteiger partial charge is 0.253 e. The van der Waals surface area contributed by atoms with E-state index in [9.17, 15) is 4.79 Å². The van der Waals surface area contributed by atoms with Crippen LogP contribution in [0.1, 0.15) is 61.9 Å². The number of nitrogens with one attached hydrogen (secondary N) is 3. The number of carbonyl (C=O) groups excluding carboxylic acids is 2. The number of piperazine rings is 1. The van der Waals surface area contributed by atoms with E-state index in [1.54, 1.807) is 24.3 Å². The summed E-state index contributed by atoms with van der Waals surface area (Å²) in [7, 11) is 1.50. The molecule has 13 heteroatoms. The Kier molecular flexibility index (Phi) is 12.7. The van der Waals surface area contributed by atoms with Crippen molar-refractivity contribution in [2.75, 3.05) is 49.6 Å². The van der Waals surface area contributed by atoms with Gasteiger partial charge in [-0.25, -0.2) is 9.97 Å². The van der Waals surface area contributed by atoms with Gasteiger partial charge in [0.05, 0.1) is 11.3 Å². The summed E-state index contributed by atoms with van der Waals surface area (Å²) in [4.78, 5) is 33.9. The minimum atomic E-state index is -0.131. The lowest BCUT2D eigenvalue weighted by Crippen LogP contribution is -2.50. The monoisotopic (exact) mass is 642 g/mol. The summed E-state index contributed by atoms with van der Waals surface area (Å²) in [5.41, 5.74) is 13.9. The third kappa shape index (κ3) is 9.21. The number of amides is 1. The Morgan fingerprint density at radius 2 is 1.47 bits per heavy atom. The third-order valence-electron chi connectivity index (χ3n) is 7.55. The highest BCUT2D eigenvalue weighted by molar-refractivity contribution is 6.16. The van der Waals surface area contributed by atoms with Gasteiger partial charge in [0, 0.05) is 66.2 Å². The highest BCUT2D eigenvalue weighted by Gasteiger charge is 2.24. The lowest BCUT2D eigenvalue weighted by Gasteiger charge is -2.37. The first kappa shape index (κ1) is 36.3. The summed E-state index contributed by atoms with van der Waals surface area (Å²) in [6.07, 6.45) is 1.36. The molecule has 5 rings (SSSR count). The summed E-state index contributed by atoms with van der Waals surface area (Å²) >= 11 is 0. The van der Waals surface area contributed by atoms with E-state index >= 15 is 0 Å². The number of carbonyl (C=O) groups is 2. The largest absolute Gasteiger partial charge is 0.383 e. The molecule has 4 aromatic rings. The van der Waals surface area contributed by atoms with Gasteiger partial charge in [0.25, 0.3) is 5.91 Å². The first-order valence-corrected chi connectivity index (χ1v) is 15.3. The Bertz CT molecular complexity index is 1600. The fourth-order valence-corrected chi connectivity index (χ4v) is 4.90. The molecule has 250 valence electrons. The molecule has 1 fully saturated rings. The molecule has 0 atom stereocenters. The van der Waals surface area contributed by atoms with Crippen LogP contribution in [0.5, 0.6) is 0 Å². The lowest BCUT2D eigenvalue weighted by atomic mass is 9.93. The molecular formula is C34H46N10O3. The number of aromatic nitrogens is 3. The minimum Gasteiger partial charge on any atom is -0.383 e. The predicted octanol–water partition coefficient (Wildman–Crippen LogP) is 4.80. The van der Waals surface area contributed by atoms with Crippen molar-refractivity contribution in [1.82, 2.24) is 24.9 Å². The van der Waals surface area contributed by atoms with E-state index in [1.807, 2.05) is 42.0 Å². The van der Waals surface area contributed by atoms with Crippen molar-refractivity contribution in [2.24, 2.45) is 5.73 Å². The van der Waals surface area contributed by atoms with Crippen molar-refractivity contribution in [1.29, 1.82) is 5.41 Å². The lowest BCUT2D eigenvalue weighted by molar-refractivity contribution is -0.0980. The zero-order valence-corrected chi connectivity index (χ0v) is 28.0. The van der Waals surface area contributed by atoms with Gasteiger partial charge in [-0.2, -0.15) is 0 Å².